The van der Waals surface area contributed by atoms with Gasteiger partial charge in [0.2, 0.25) is 0 Å². The van der Waals surface area contributed by atoms with Crippen LogP contribution in [0.25, 0.3) is 0 Å². The highest BCUT2D eigenvalue weighted by Crippen LogP contribution is 2.21. The molecular weight excluding hydrogens is 170 g/mol. The number of rotatable bonds is 1. The number of nitrogens with one attached hydrogen (secondary N) is 2. The first kappa shape index (κ1) is 7.85. The number of carboxylic acids is 1. The zero-order valence-electron chi connectivity index (χ0n) is 6.87. The fraction of sp³-hybridized carbons (Fsp3) is 0.250. The third-order valence-electron chi connectivity index (χ3n) is 1.85. The standard InChI is InChI=1S/C8H9N3O2/c12-8(13)6-2-1-5-7(11-6)10-4-3-9-5/h1-2,9H,3-4H2,(H,10,11)(H,12,13). The van der Waals surface area contributed by atoms with Crippen LogP contribution in [-0.2, 0) is 0 Å². The van der Waals surface area contributed by atoms with E-state index in [1.165, 1.54) is 6.07 Å². The minimum atomic E-state index is -1.00. The number of hydrogen-bond acceptors (Lipinski definition) is 4. The molecule has 0 unspecified atom stereocenters. The van der Waals surface area contributed by atoms with Crippen LogP contribution in [0.5, 0.6) is 0 Å². The minimum absolute atomic E-state index is 0.0648. The average Bonchev–Trinajstić information content (AvgIpc) is 2.17. The van der Waals surface area contributed by atoms with Gasteiger partial charge < -0.3 is 15.7 Å². The lowest BCUT2D eigenvalue weighted by molar-refractivity contribution is 0.0690. The van der Waals surface area contributed by atoms with Gasteiger partial charge in [-0.25, -0.2) is 9.78 Å². The van der Waals surface area contributed by atoms with Crippen LogP contribution in [0.4, 0.5) is 11.5 Å². The third-order valence-corrected chi connectivity index (χ3v) is 1.85. The molecule has 1 aliphatic rings. The van der Waals surface area contributed by atoms with E-state index in [1.807, 2.05) is 0 Å². The van der Waals surface area contributed by atoms with Gasteiger partial charge in [0.1, 0.15) is 5.82 Å². The molecule has 2 rings (SSSR count). The van der Waals surface area contributed by atoms with Gasteiger partial charge in [0.15, 0.2) is 5.69 Å². The highest BCUT2D eigenvalue weighted by Gasteiger charge is 2.12. The topological polar surface area (TPSA) is 74.2 Å². The fourth-order valence-corrected chi connectivity index (χ4v) is 1.23. The molecule has 0 bridgehead atoms. The van der Waals surface area contributed by atoms with Crippen molar-refractivity contribution >= 4 is 17.5 Å². The summed E-state index contributed by atoms with van der Waals surface area (Å²) in [6.45, 7) is 1.60. The van der Waals surface area contributed by atoms with Crippen molar-refractivity contribution in [2.45, 2.75) is 0 Å². The van der Waals surface area contributed by atoms with Gasteiger partial charge in [0, 0.05) is 13.1 Å². The first-order valence-corrected chi connectivity index (χ1v) is 3.99. The van der Waals surface area contributed by atoms with E-state index in [4.69, 9.17) is 5.11 Å². The quantitative estimate of drug-likeness (QED) is 0.589. The highest BCUT2D eigenvalue weighted by molar-refractivity contribution is 5.87. The molecule has 1 aromatic heterocycles. The summed E-state index contributed by atoms with van der Waals surface area (Å²) in [6, 6.07) is 3.21. The van der Waals surface area contributed by atoms with Crippen LogP contribution in [0, 0.1) is 0 Å². The lowest BCUT2D eigenvalue weighted by atomic mass is 10.3. The molecule has 68 valence electrons. The molecule has 0 radical (unpaired) electrons. The number of pyridine rings is 1. The van der Waals surface area contributed by atoms with Crippen LogP contribution < -0.4 is 10.6 Å². The molecule has 0 spiro atoms. The smallest absolute Gasteiger partial charge is 0.354 e. The van der Waals surface area contributed by atoms with E-state index < -0.39 is 5.97 Å². The van der Waals surface area contributed by atoms with E-state index in [1.54, 1.807) is 6.07 Å². The van der Waals surface area contributed by atoms with E-state index in [2.05, 4.69) is 15.6 Å². The second kappa shape index (κ2) is 2.93. The maximum Gasteiger partial charge on any atom is 0.354 e. The van der Waals surface area contributed by atoms with E-state index in [-0.39, 0.29) is 5.69 Å². The molecule has 2 heterocycles. The van der Waals surface area contributed by atoms with Gasteiger partial charge in [0.25, 0.3) is 0 Å². The first-order valence-electron chi connectivity index (χ1n) is 3.99. The van der Waals surface area contributed by atoms with Gasteiger partial charge in [-0.2, -0.15) is 0 Å². The summed E-state index contributed by atoms with van der Waals surface area (Å²) in [6.07, 6.45) is 0. The van der Waals surface area contributed by atoms with Gasteiger partial charge in [-0.1, -0.05) is 0 Å². The Labute approximate surface area is 74.8 Å². The van der Waals surface area contributed by atoms with Crippen LogP contribution in [-0.4, -0.2) is 29.1 Å². The normalized spacial score (nSPS) is 13.8. The van der Waals surface area contributed by atoms with Gasteiger partial charge in [-0.3, -0.25) is 0 Å². The molecule has 5 nitrogen and oxygen atoms in total. The molecule has 0 aromatic carbocycles. The summed E-state index contributed by atoms with van der Waals surface area (Å²) >= 11 is 0. The Morgan fingerprint density at radius 1 is 1.38 bits per heavy atom. The van der Waals surface area contributed by atoms with E-state index in [0.717, 1.165) is 18.8 Å². The van der Waals surface area contributed by atoms with Gasteiger partial charge in [0.05, 0.1) is 5.69 Å². The van der Waals surface area contributed by atoms with Crippen LogP contribution in [0.1, 0.15) is 10.5 Å². The second-order valence-electron chi connectivity index (χ2n) is 2.75. The number of anilines is 2. The Hall–Kier alpha value is -1.78. The fourth-order valence-electron chi connectivity index (χ4n) is 1.23. The molecule has 0 atom stereocenters. The molecule has 1 aliphatic heterocycles. The van der Waals surface area contributed by atoms with Crippen molar-refractivity contribution < 1.29 is 9.90 Å². The van der Waals surface area contributed by atoms with Crippen LogP contribution >= 0.6 is 0 Å². The monoisotopic (exact) mass is 179 g/mol. The maximum absolute atomic E-state index is 10.6. The van der Waals surface area contributed by atoms with Crippen molar-refractivity contribution in [3.63, 3.8) is 0 Å². The minimum Gasteiger partial charge on any atom is -0.477 e. The van der Waals surface area contributed by atoms with Crippen LogP contribution in [0.15, 0.2) is 12.1 Å². The number of fused-ring (bicyclic) bond motifs is 1. The van der Waals surface area contributed by atoms with Crippen molar-refractivity contribution in [1.29, 1.82) is 0 Å². The molecule has 0 saturated heterocycles. The third kappa shape index (κ3) is 1.40. The largest absolute Gasteiger partial charge is 0.477 e. The molecule has 0 amide bonds. The van der Waals surface area contributed by atoms with Crippen LogP contribution in [0.2, 0.25) is 0 Å². The zero-order chi connectivity index (χ0) is 9.26. The molecule has 0 aliphatic carbocycles. The Bertz CT molecular complexity index is 351. The number of aromatic carboxylic acids is 1. The van der Waals surface area contributed by atoms with E-state index in [0.29, 0.717) is 5.82 Å². The number of hydrogen-bond donors (Lipinski definition) is 3. The van der Waals surface area contributed by atoms with Crippen molar-refractivity contribution in [3.8, 4) is 0 Å². The number of nitrogens with zero attached hydrogens (tertiary/aromatic N) is 1. The van der Waals surface area contributed by atoms with Gasteiger partial charge in [-0.05, 0) is 12.1 Å². The molecule has 0 saturated carbocycles. The predicted molar refractivity (Wildman–Crippen MR) is 48.2 cm³/mol. The summed E-state index contributed by atoms with van der Waals surface area (Å²) in [4.78, 5) is 14.5. The Balaban J connectivity index is 2.40. The first-order chi connectivity index (χ1) is 6.27. The highest BCUT2D eigenvalue weighted by atomic mass is 16.4. The van der Waals surface area contributed by atoms with E-state index >= 15 is 0 Å². The zero-order valence-corrected chi connectivity index (χ0v) is 6.87. The maximum atomic E-state index is 10.6. The second-order valence-corrected chi connectivity index (χ2v) is 2.75. The van der Waals surface area contributed by atoms with Crippen LogP contribution in [0.3, 0.4) is 0 Å². The SMILES string of the molecule is O=C(O)c1ccc2c(n1)NCCN2. The summed E-state index contributed by atoms with van der Waals surface area (Å²) < 4.78 is 0. The number of carbonyl (C=O) groups is 1. The average molecular weight is 179 g/mol. The summed E-state index contributed by atoms with van der Waals surface area (Å²) in [5.41, 5.74) is 0.922. The van der Waals surface area contributed by atoms with Gasteiger partial charge >= 0.3 is 5.97 Å². The van der Waals surface area contributed by atoms with Gasteiger partial charge in [-0.15, -0.1) is 0 Å². The molecule has 5 heteroatoms. The number of aromatic nitrogens is 1. The Morgan fingerprint density at radius 3 is 2.92 bits per heavy atom. The molecule has 0 fully saturated rings. The lowest BCUT2D eigenvalue weighted by Crippen LogP contribution is -2.22. The van der Waals surface area contributed by atoms with Crippen molar-refractivity contribution in [1.82, 2.24) is 4.98 Å². The van der Waals surface area contributed by atoms with Crippen molar-refractivity contribution in [2.75, 3.05) is 23.7 Å². The van der Waals surface area contributed by atoms with E-state index in [9.17, 15) is 4.79 Å². The van der Waals surface area contributed by atoms with Crippen molar-refractivity contribution in [2.24, 2.45) is 0 Å². The molecule has 13 heavy (non-hydrogen) atoms. The summed E-state index contributed by atoms with van der Waals surface area (Å²) in [7, 11) is 0. The summed E-state index contributed by atoms with van der Waals surface area (Å²) in [5.74, 6) is -0.388. The van der Waals surface area contributed by atoms with Crippen molar-refractivity contribution in [3.05, 3.63) is 17.8 Å². The molecule has 1 aromatic rings. The predicted octanol–water partition coefficient (Wildman–Crippen LogP) is 0.617. The number of carboxylic acid groups (broad SMARTS) is 1. The lowest BCUT2D eigenvalue weighted by Gasteiger charge is -2.18. The Morgan fingerprint density at radius 2 is 2.15 bits per heavy atom. The Kier molecular flexibility index (Phi) is 1.77. The molecule has 3 N–H and O–H groups in total. The summed E-state index contributed by atoms with van der Waals surface area (Å²) in [5, 5.41) is 14.8. The molecular formula is C8H9N3O2.